The summed E-state index contributed by atoms with van der Waals surface area (Å²) in [5.41, 5.74) is 3.21. The number of imidazole rings is 1. The maximum absolute atomic E-state index is 6.38. The minimum Gasteiger partial charge on any atom is -0.331 e. The standard InChI is InChI=1S/C16H15ClN2S/c1-2-14(11-7-4-3-5-8-11)19-15-12(17)9-6-10-13(15)18-16(19)20/h3-10,14H,2H2,1H3,(H,18,20). The minimum absolute atomic E-state index is 0.192. The normalized spacial score (nSPS) is 12.7. The number of para-hydroxylation sites is 1. The number of halogens is 1. The molecule has 3 rings (SSSR count). The predicted octanol–water partition coefficient (Wildman–Crippen LogP) is 5.35. The first kappa shape index (κ1) is 13.4. The molecule has 3 aromatic rings. The second-order valence-electron chi connectivity index (χ2n) is 4.77. The van der Waals surface area contributed by atoms with Crippen LogP contribution in [-0.2, 0) is 0 Å². The predicted molar refractivity (Wildman–Crippen MR) is 87.0 cm³/mol. The Labute approximate surface area is 128 Å². The van der Waals surface area contributed by atoms with Gasteiger partial charge >= 0.3 is 0 Å². The number of nitrogens with zero attached hydrogens (tertiary/aromatic N) is 1. The number of H-pyrrole nitrogens is 1. The maximum Gasteiger partial charge on any atom is 0.178 e. The fourth-order valence-corrected chi connectivity index (χ4v) is 3.27. The molecule has 0 radical (unpaired) electrons. The van der Waals surface area contributed by atoms with Gasteiger partial charge in [-0.3, -0.25) is 0 Å². The van der Waals surface area contributed by atoms with Crippen molar-refractivity contribution >= 4 is 34.9 Å². The van der Waals surface area contributed by atoms with Crippen molar-refractivity contribution in [1.29, 1.82) is 0 Å². The van der Waals surface area contributed by atoms with Crippen LogP contribution < -0.4 is 0 Å². The molecule has 102 valence electrons. The van der Waals surface area contributed by atoms with Crippen LogP contribution in [0.1, 0.15) is 24.9 Å². The fourth-order valence-electron chi connectivity index (χ4n) is 2.68. The van der Waals surface area contributed by atoms with Crippen molar-refractivity contribution in [1.82, 2.24) is 9.55 Å². The molecule has 1 aromatic heterocycles. The third-order valence-electron chi connectivity index (χ3n) is 3.57. The molecule has 0 aliphatic carbocycles. The van der Waals surface area contributed by atoms with Gasteiger partial charge in [-0.25, -0.2) is 0 Å². The Morgan fingerprint density at radius 3 is 2.60 bits per heavy atom. The van der Waals surface area contributed by atoms with Gasteiger partial charge in [0, 0.05) is 0 Å². The molecule has 20 heavy (non-hydrogen) atoms. The largest absolute Gasteiger partial charge is 0.331 e. The molecule has 2 aromatic carbocycles. The van der Waals surface area contributed by atoms with Crippen LogP contribution in [0.15, 0.2) is 48.5 Å². The van der Waals surface area contributed by atoms with Crippen molar-refractivity contribution in [3.63, 3.8) is 0 Å². The van der Waals surface area contributed by atoms with E-state index >= 15 is 0 Å². The lowest BCUT2D eigenvalue weighted by Crippen LogP contribution is -2.09. The first-order valence-electron chi connectivity index (χ1n) is 6.66. The number of nitrogens with one attached hydrogen (secondary N) is 1. The van der Waals surface area contributed by atoms with Crippen molar-refractivity contribution in [2.75, 3.05) is 0 Å². The van der Waals surface area contributed by atoms with Gasteiger partial charge in [0.25, 0.3) is 0 Å². The van der Waals surface area contributed by atoms with Crippen LogP contribution in [0.2, 0.25) is 5.02 Å². The van der Waals surface area contributed by atoms with Gasteiger partial charge in [-0.1, -0.05) is 54.9 Å². The van der Waals surface area contributed by atoms with Crippen LogP contribution in [0.25, 0.3) is 11.0 Å². The van der Waals surface area contributed by atoms with Crippen LogP contribution in [-0.4, -0.2) is 9.55 Å². The van der Waals surface area contributed by atoms with Gasteiger partial charge in [0.2, 0.25) is 0 Å². The molecule has 2 nitrogen and oxygen atoms in total. The van der Waals surface area contributed by atoms with Gasteiger partial charge in [0.15, 0.2) is 4.77 Å². The van der Waals surface area contributed by atoms with Gasteiger partial charge in [-0.2, -0.15) is 0 Å². The Hall–Kier alpha value is -1.58. The summed E-state index contributed by atoms with van der Waals surface area (Å²) in [5, 5.41) is 0.726. The van der Waals surface area contributed by atoms with Crippen molar-refractivity contribution in [2.45, 2.75) is 19.4 Å². The Bertz CT molecular complexity index is 789. The van der Waals surface area contributed by atoms with E-state index in [1.165, 1.54) is 5.56 Å². The van der Waals surface area contributed by atoms with E-state index in [1.54, 1.807) is 0 Å². The Balaban J connectivity index is 2.28. The van der Waals surface area contributed by atoms with E-state index in [1.807, 2.05) is 24.3 Å². The zero-order valence-corrected chi connectivity index (χ0v) is 12.7. The lowest BCUT2D eigenvalue weighted by molar-refractivity contribution is 0.575. The second-order valence-corrected chi connectivity index (χ2v) is 5.56. The molecular weight excluding hydrogens is 288 g/mol. The zero-order valence-electron chi connectivity index (χ0n) is 11.1. The summed E-state index contributed by atoms with van der Waals surface area (Å²) in [6.45, 7) is 2.16. The topological polar surface area (TPSA) is 20.7 Å². The van der Waals surface area contributed by atoms with Gasteiger partial charge in [-0.05, 0) is 36.3 Å². The maximum atomic E-state index is 6.38. The minimum atomic E-state index is 0.192. The highest BCUT2D eigenvalue weighted by Gasteiger charge is 2.17. The summed E-state index contributed by atoms with van der Waals surface area (Å²) in [6, 6.07) is 16.4. The number of benzene rings is 2. The average Bonchev–Trinajstić information content (AvgIpc) is 2.79. The Morgan fingerprint density at radius 2 is 1.90 bits per heavy atom. The van der Waals surface area contributed by atoms with Crippen LogP contribution in [0, 0.1) is 4.77 Å². The molecule has 4 heteroatoms. The highest BCUT2D eigenvalue weighted by atomic mass is 35.5. The lowest BCUT2D eigenvalue weighted by Gasteiger charge is -2.18. The summed E-state index contributed by atoms with van der Waals surface area (Å²) in [7, 11) is 0. The summed E-state index contributed by atoms with van der Waals surface area (Å²) in [4.78, 5) is 3.25. The number of rotatable bonds is 3. The van der Waals surface area contributed by atoms with Gasteiger partial charge in [0.05, 0.1) is 22.1 Å². The molecule has 0 amide bonds. The van der Waals surface area contributed by atoms with Crippen LogP contribution in [0.5, 0.6) is 0 Å². The number of hydrogen-bond acceptors (Lipinski definition) is 1. The van der Waals surface area contributed by atoms with Crippen molar-refractivity contribution in [2.24, 2.45) is 0 Å². The lowest BCUT2D eigenvalue weighted by atomic mass is 10.0. The average molecular weight is 303 g/mol. The van der Waals surface area contributed by atoms with E-state index in [9.17, 15) is 0 Å². The van der Waals surface area contributed by atoms with Crippen LogP contribution in [0.4, 0.5) is 0 Å². The third-order valence-corrected chi connectivity index (χ3v) is 4.17. The zero-order chi connectivity index (χ0) is 14.1. The quantitative estimate of drug-likeness (QED) is 0.647. The first-order valence-corrected chi connectivity index (χ1v) is 7.44. The Morgan fingerprint density at radius 1 is 1.15 bits per heavy atom. The van der Waals surface area contributed by atoms with Gasteiger partial charge in [0.1, 0.15) is 0 Å². The van der Waals surface area contributed by atoms with E-state index in [0.29, 0.717) is 4.77 Å². The molecule has 1 atom stereocenters. The summed E-state index contributed by atoms with van der Waals surface area (Å²) in [5.74, 6) is 0. The highest BCUT2D eigenvalue weighted by Crippen LogP contribution is 2.30. The van der Waals surface area contributed by atoms with E-state index < -0.39 is 0 Å². The van der Waals surface area contributed by atoms with E-state index in [0.717, 1.165) is 22.5 Å². The third kappa shape index (κ3) is 2.17. The summed E-state index contributed by atoms with van der Waals surface area (Å²) in [6.07, 6.45) is 0.955. The molecule has 0 saturated heterocycles. The molecule has 0 aliphatic rings. The number of fused-ring (bicyclic) bond motifs is 1. The van der Waals surface area contributed by atoms with E-state index in [2.05, 4.69) is 40.7 Å². The molecule has 1 heterocycles. The number of hydrogen-bond donors (Lipinski definition) is 1. The van der Waals surface area contributed by atoms with Crippen LogP contribution >= 0.6 is 23.8 Å². The smallest absolute Gasteiger partial charge is 0.178 e. The molecule has 0 fully saturated rings. The molecule has 0 spiro atoms. The van der Waals surface area contributed by atoms with E-state index in [4.69, 9.17) is 23.8 Å². The number of aromatic amines is 1. The molecule has 0 aliphatic heterocycles. The SMILES string of the molecule is CCC(c1ccccc1)n1c(=S)[nH]c2cccc(Cl)c21. The Kier molecular flexibility index (Phi) is 3.64. The van der Waals surface area contributed by atoms with Crippen molar-refractivity contribution in [3.05, 3.63) is 63.9 Å². The first-order chi connectivity index (χ1) is 9.72. The number of aromatic nitrogens is 2. The molecule has 0 saturated carbocycles. The van der Waals surface area contributed by atoms with Gasteiger partial charge in [-0.15, -0.1) is 0 Å². The van der Waals surface area contributed by atoms with Crippen molar-refractivity contribution < 1.29 is 0 Å². The summed E-state index contributed by atoms with van der Waals surface area (Å²) >= 11 is 11.9. The van der Waals surface area contributed by atoms with Crippen LogP contribution in [0.3, 0.4) is 0 Å². The summed E-state index contributed by atoms with van der Waals surface area (Å²) < 4.78 is 2.84. The molecule has 0 bridgehead atoms. The van der Waals surface area contributed by atoms with Crippen molar-refractivity contribution in [3.8, 4) is 0 Å². The monoisotopic (exact) mass is 302 g/mol. The molecular formula is C16H15ClN2S. The fraction of sp³-hybridized carbons (Fsp3) is 0.188. The van der Waals surface area contributed by atoms with Gasteiger partial charge < -0.3 is 9.55 Å². The molecule has 1 N–H and O–H groups in total. The highest BCUT2D eigenvalue weighted by molar-refractivity contribution is 7.71. The van der Waals surface area contributed by atoms with E-state index in [-0.39, 0.29) is 6.04 Å². The molecule has 1 unspecified atom stereocenters. The second kappa shape index (κ2) is 5.43.